The van der Waals surface area contributed by atoms with Crippen molar-refractivity contribution in [3.8, 4) is 0 Å². The molecular weight excluding hydrogens is 223 g/mol. The lowest BCUT2D eigenvalue weighted by atomic mass is 9.95. The first-order chi connectivity index (χ1) is 8.06. The topological polar surface area (TPSA) is 55.6 Å². The highest BCUT2D eigenvalue weighted by molar-refractivity contribution is 5.91. The second-order valence-corrected chi connectivity index (χ2v) is 4.19. The van der Waals surface area contributed by atoms with Gasteiger partial charge in [0.25, 0.3) is 0 Å². The average molecular weight is 238 g/mol. The zero-order valence-electron chi connectivity index (χ0n) is 9.87. The van der Waals surface area contributed by atoms with E-state index in [-0.39, 0.29) is 11.7 Å². The normalized spacial score (nSPS) is 18.8. The number of nitrogens with two attached hydrogens (primary N) is 1. The molecule has 1 heterocycles. The van der Waals surface area contributed by atoms with Crippen LogP contribution >= 0.6 is 0 Å². The molecule has 4 nitrogen and oxygen atoms in total. The first-order valence-electron chi connectivity index (χ1n) is 5.50. The van der Waals surface area contributed by atoms with Crippen LogP contribution in [-0.4, -0.2) is 19.2 Å². The maximum Gasteiger partial charge on any atom is 0.414 e. The smallest absolute Gasteiger partial charge is 0.414 e. The molecule has 1 amide bonds. The third-order valence-corrected chi connectivity index (χ3v) is 3.16. The first-order valence-corrected chi connectivity index (χ1v) is 5.50. The molecule has 2 rings (SSSR count). The number of anilines is 2. The van der Waals surface area contributed by atoms with Gasteiger partial charge in [0.05, 0.1) is 18.5 Å². The molecule has 0 bridgehead atoms. The number of hydrogen-bond donors (Lipinski definition) is 1. The van der Waals surface area contributed by atoms with Crippen LogP contribution in [-0.2, 0) is 11.2 Å². The Kier molecular flexibility index (Phi) is 2.92. The second-order valence-electron chi connectivity index (χ2n) is 4.19. The Balaban J connectivity index is 2.52. The van der Waals surface area contributed by atoms with Gasteiger partial charge in [-0.15, -0.1) is 0 Å². The van der Waals surface area contributed by atoms with Crippen molar-refractivity contribution in [3.05, 3.63) is 23.5 Å². The summed E-state index contributed by atoms with van der Waals surface area (Å²) < 4.78 is 18.1. The number of amides is 1. The van der Waals surface area contributed by atoms with Gasteiger partial charge in [0.2, 0.25) is 0 Å². The van der Waals surface area contributed by atoms with Crippen molar-refractivity contribution in [2.75, 3.05) is 17.7 Å². The molecule has 1 aromatic rings. The Morgan fingerprint density at radius 2 is 2.29 bits per heavy atom. The molecule has 92 valence electrons. The highest BCUT2D eigenvalue weighted by Gasteiger charge is 2.30. The second kappa shape index (κ2) is 4.24. The van der Waals surface area contributed by atoms with E-state index in [0.717, 1.165) is 6.42 Å². The lowest BCUT2D eigenvalue weighted by Gasteiger charge is -2.34. The lowest BCUT2D eigenvalue weighted by molar-refractivity contribution is 0.175. The quantitative estimate of drug-likeness (QED) is 0.706. The molecule has 17 heavy (non-hydrogen) atoms. The van der Waals surface area contributed by atoms with Crippen molar-refractivity contribution in [1.82, 2.24) is 0 Å². The minimum atomic E-state index is -0.442. The number of rotatable bonds is 0. The molecule has 0 saturated carbocycles. The Labute approximate surface area is 99.2 Å². The predicted molar refractivity (Wildman–Crippen MR) is 63.5 cm³/mol. The third-order valence-electron chi connectivity index (χ3n) is 3.16. The number of ether oxygens (including phenoxy) is 1. The summed E-state index contributed by atoms with van der Waals surface area (Å²) in [7, 11) is 1.33. The first kappa shape index (κ1) is 11.7. The molecule has 0 aromatic heterocycles. The summed E-state index contributed by atoms with van der Waals surface area (Å²) >= 11 is 0. The SMILES string of the molecule is COC(=O)N1c2ccc(F)c(N)c2CC[C@@H]1C. The molecule has 1 aliphatic heterocycles. The van der Waals surface area contributed by atoms with Gasteiger partial charge in [0, 0.05) is 11.6 Å². The van der Waals surface area contributed by atoms with E-state index in [1.165, 1.54) is 18.1 Å². The Hall–Kier alpha value is -1.78. The maximum atomic E-state index is 13.4. The summed E-state index contributed by atoms with van der Waals surface area (Å²) in [5.74, 6) is -0.442. The Bertz CT molecular complexity index is 462. The molecule has 0 spiro atoms. The zero-order chi connectivity index (χ0) is 12.6. The van der Waals surface area contributed by atoms with Gasteiger partial charge in [0.1, 0.15) is 5.82 Å². The number of fused-ring (bicyclic) bond motifs is 1. The van der Waals surface area contributed by atoms with Gasteiger partial charge in [-0.25, -0.2) is 9.18 Å². The molecule has 0 saturated heterocycles. The van der Waals surface area contributed by atoms with E-state index < -0.39 is 11.9 Å². The van der Waals surface area contributed by atoms with E-state index in [1.807, 2.05) is 6.92 Å². The number of carbonyl (C=O) groups excluding carboxylic acids is 1. The van der Waals surface area contributed by atoms with Gasteiger partial charge in [-0.3, -0.25) is 4.90 Å². The summed E-state index contributed by atoms with van der Waals surface area (Å²) in [6.07, 6.45) is 0.980. The molecule has 1 aliphatic rings. The van der Waals surface area contributed by atoms with Crippen LogP contribution in [0, 0.1) is 5.82 Å². The number of carbonyl (C=O) groups is 1. The molecule has 2 N–H and O–H groups in total. The lowest BCUT2D eigenvalue weighted by Crippen LogP contribution is -2.42. The molecule has 0 fully saturated rings. The Morgan fingerprint density at radius 1 is 1.59 bits per heavy atom. The minimum Gasteiger partial charge on any atom is -0.452 e. The highest BCUT2D eigenvalue weighted by Crippen LogP contribution is 2.35. The van der Waals surface area contributed by atoms with Crippen LogP contribution in [0.3, 0.4) is 0 Å². The summed E-state index contributed by atoms with van der Waals surface area (Å²) in [6.45, 7) is 1.93. The largest absolute Gasteiger partial charge is 0.452 e. The van der Waals surface area contributed by atoms with Gasteiger partial charge in [-0.05, 0) is 31.9 Å². The molecule has 0 aliphatic carbocycles. The average Bonchev–Trinajstić information content (AvgIpc) is 2.33. The summed E-state index contributed by atoms with van der Waals surface area (Å²) in [4.78, 5) is 13.2. The van der Waals surface area contributed by atoms with Crippen molar-refractivity contribution >= 4 is 17.5 Å². The fraction of sp³-hybridized carbons (Fsp3) is 0.417. The standard InChI is InChI=1S/C12H15FN2O2/c1-7-3-4-8-10(15(7)12(16)17-2)6-5-9(13)11(8)14/h5-7H,3-4,14H2,1-2H3/t7-/m0/s1. The van der Waals surface area contributed by atoms with Crippen LogP contribution in [0.15, 0.2) is 12.1 Å². The van der Waals surface area contributed by atoms with Gasteiger partial charge in [-0.1, -0.05) is 0 Å². The molecule has 1 atom stereocenters. The van der Waals surface area contributed by atoms with Gasteiger partial charge in [0.15, 0.2) is 0 Å². The van der Waals surface area contributed by atoms with Crippen molar-refractivity contribution < 1.29 is 13.9 Å². The summed E-state index contributed by atoms with van der Waals surface area (Å²) in [6, 6.07) is 2.88. The highest BCUT2D eigenvalue weighted by atomic mass is 19.1. The van der Waals surface area contributed by atoms with E-state index in [2.05, 4.69) is 0 Å². The molecule has 0 unspecified atom stereocenters. The number of hydrogen-bond acceptors (Lipinski definition) is 3. The van der Waals surface area contributed by atoms with E-state index in [4.69, 9.17) is 10.5 Å². The van der Waals surface area contributed by atoms with Crippen molar-refractivity contribution in [2.45, 2.75) is 25.8 Å². The maximum absolute atomic E-state index is 13.4. The van der Waals surface area contributed by atoms with Crippen LogP contribution < -0.4 is 10.6 Å². The number of nitrogen functional groups attached to an aromatic ring is 1. The van der Waals surface area contributed by atoms with Crippen LogP contribution in [0.5, 0.6) is 0 Å². The fourth-order valence-electron chi connectivity index (χ4n) is 2.21. The molecular formula is C12H15FN2O2. The number of nitrogens with zero attached hydrogens (tertiary/aromatic N) is 1. The Morgan fingerprint density at radius 3 is 2.94 bits per heavy atom. The van der Waals surface area contributed by atoms with Crippen LogP contribution in [0.1, 0.15) is 18.9 Å². The van der Waals surface area contributed by atoms with Gasteiger partial charge < -0.3 is 10.5 Å². The minimum absolute atomic E-state index is 0.0276. The molecule has 0 radical (unpaired) electrons. The third kappa shape index (κ3) is 1.81. The van der Waals surface area contributed by atoms with E-state index in [1.54, 1.807) is 6.07 Å². The number of halogens is 1. The monoisotopic (exact) mass is 238 g/mol. The van der Waals surface area contributed by atoms with Crippen molar-refractivity contribution in [3.63, 3.8) is 0 Å². The van der Waals surface area contributed by atoms with E-state index >= 15 is 0 Å². The summed E-state index contributed by atoms with van der Waals surface area (Å²) in [5, 5.41) is 0. The predicted octanol–water partition coefficient (Wildman–Crippen LogP) is 2.32. The number of benzene rings is 1. The molecule has 5 heteroatoms. The fourth-order valence-corrected chi connectivity index (χ4v) is 2.21. The van der Waals surface area contributed by atoms with Crippen molar-refractivity contribution in [2.24, 2.45) is 0 Å². The summed E-state index contributed by atoms with van der Waals surface area (Å²) in [5.41, 5.74) is 7.16. The van der Waals surface area contributed by atoms with Gasteiger partial charge >= 0.3 is 6.09 Å². The zero-order valence-corrected chi connectivity index (χ0v) is 9.87. The van der Waals surface area contributed by atoms with E-state index in [0.29, 0.717) is 17.7 Å². The van der Waals surface area contributed by atoms with Crippen LogP contribution in [0.2, 0.25) is 0 Å². The van der Waals surface area contributed by atoms with Gasteiger partial charge in [-0.2, -0.15) is 0 Å². The van der Waals surface area contributed by atoms with Crippen LogP contribution in [0.4, 0.5) is 20.6 Å². The van der Waals surface area contributed by atoms with E-state index in [9.17, 15) is 9.18 Å². The number of methoxy groups -OCH3 is 1. The van der Waals surface area contributed by atoms with Crippen molar-refractivity contribution in [1.29, 1.82) is 0 Å². The van der Waals surface area contributed by atoms with Crippen LogP contribution in [0.25, 0.3) is 0 Å². The molecule has 1 aromatic carbocycles.